The highest BCUT2D eigenvalue weighted by atomic mass is 16.5. The number of rotatable bonds is 3. The number of carbonyl (C=O) groups is 2. The van der Waals surface area contributed by atoms with E-state index in [1.165, 1.54) is 0 Å². The van der Waals surface area contributed by atoms with E-state index < -0.39 is 11.7 Å². The summed E-state index contributed by atoms with van der Waals surface area (Å²) in [7, 11) is 0. The standard InChI is InChI=1S/C12H17NO4/c14-7-17-12-4-8-1-9(5-12)3-11(2-8,6-12)13-10(15)16/h7-9,13H,1-6H2,(H,15,16). The van der Waals surface area contributed by atoms with Crippen molar-refractivity contribution in [3.63, 3.8) is 0 Å². The van der Waals surface area contributed by atoms with Gasteiger partial charge in [0.15, 0.2) is 0 Å². The van der Waals surface area contributed by atoms with Crippen molar-refractivity contribution in [2.45, 2.75) is 49.7 Å². The van der Waals surface area contributed by atoms with E-state index in [0.717, 1.165) is 32.1 Å². The molecule has 0 radical (unpaired) electrons. The molecular formula is C12H17NO4. The van der Waals surface area contributed by atoms with Crippen molar-refractivity contribution in [1.29, 1.82) is 0 Å². The first kappa shape index (κ1) is 10.9. The van der Waals surface area contributed by atoms with Gasteiger partial charge in [0.25, 0.3) is 6.47 Å². The number of nitrogens with one attached hydrogen (secondary N) is 1. The maximum atomic E-state index is 10.9. The van der Waals surface area contributed by atoms with Gasteiger partial charge < -0.3 is 15.2 Å². The maximum absolute atomic E-state index is 10.9. The highest BCUT2D eigenvalue weighted by Gasteiger charge is 2.59. The summed E-state index contributed by atoms with van der Waals surface area (Å²) in [6.45, 7) is 0.529. The third-order valence-corrected chi connectivity index (χ3v) is 4.68. The van der Waals surface area contributed by atoms with Gasteiger partial charge in [-0.2, -0.15) is 0 Å². The molecule has 2 atom stereocenters. The molecule has 5 nitrogen and oxygen atoms in total. The van der Waals surface area contributed by atoms with Crippen LogP contribution < -0.4 is 5.32 Å². The first-order valence-electron chi connectivity index (χ1n) is 6.17. The lowest BCUT2D eigenvalue weighted by Gasteiger charge is -2.60. The van der Waals surface area contributed by atoms with Gasteiger partial charge in [-0.1, -0.05) is 0 Å². The molecule has 0 spiro atoms. The number of amides is 1. The molecule has 2 unspecified atom stereocenters. The Hall–Kier alpha value is -1.26. The first-order chi connectivity index (χ1) is 8.05. The monoisotopic (exact) mass is 239 g/mol. The molecule has 1 amide bonds. The third kappa shape index (κ3) is 1.68. The van der Waals surface area contributed by atoms with E-state index in [-0.39, 0.29) is 5.54 Å². The number of hydrogen-bond acceptors (Lipinski definition) is 3. The van der Waals surface area contributed by atoms with E-state index in [2.05, 4.69) is 5.32 Å². The molecule has 94 valence electrons. The second-order valence-electron chi connectivity index (χ2n) is 6.07. The average molecular weight is 239 g/mol. The van der Waals surface area contributed by atoms with Crippen LogP contribution in [-0.4, -0.2) is 28.8 Å². The average Bonchev–Trinajstić information content (AvgIpc) is 2.11. The molecule has 0 saturated heterocycles. The van der Waals surface area contributed by atoms with Crippen LogP contribution in [-0.2, 0) is 9.53 Å². The Kier molecular flexibility index (Phi) is 2.15. The van der Waals surface area contributed by atoms with Crippen molar-refractivity contribution in [3.05, 3.63) is 0 Å². The van der Waals surface area contributed by atoms with Crippen LogP contribution in [0.15, 0.2) is 0 Å². The zero-order valence-electron chi connectivity index (χ0n) is 9.65. The lowest BCUT2D eigenvalue weighted by molar-refractivity contribution is -0.178. The van der Waals surface area contributed by atoms with Crippen LogP contribution in [0.1, 0.15) is 38.5 Å². The minimum absolute atomic E-state index is 0.348. The van der Waals surface area contributed by atoms with Crippen molar-refractivity contribution < 1.29 is 19.4 Å². The second-order valence-corrected chi connectivity index (χ2v) is 6.07. The van der Waals surface area contributed by atoms with Crippen LogP contribution in [0.4, 0.5) is 4.79 Å². The molecule has 0 aliphatic heterocycles. The molecule has 17 heavy (non-hydrogen) atoms. The molecule has 2 N–H and O–H groups in total. The molecule has 0 aromatic heterocycles. The predicted molar refractivity (Wildman–Crippen MR) is 58.5 cm³/mol. The lowest BCUT2D eigenvalue weighted by Crippen LogP contribution is -2.65. The molecule has 0 heterocycles. The van der Waals surface area contributed by atoms with E-state index in [4.69, 9.17) is 9.84 Å². The predicted octanol–water partition coefficient (Wildman–Crippen LogP) is 1.52. The lowest BCUT2D eigenvalue weighted by atomic mass is 9.51. The van der Waals surface area contributed by atoms with Crippen LogP contribution in [0.5, 0.6) is 0 Å². The fraction of sp³-hybridized carbons (Fsp3) is 0.833. The fourth-order valence-corrected chi connectivity index (χ4v) is 4.79. The highest BCUT2D eigenvalue weighted by Crippen LogP contribution is 2.58. The summed E-state index contributed by atoms with van der Waals surface area (Å²) in [5.74, 6) is 1.01. The zero-order chi connectivity index (χ0) is 12.1. The van der Waals surface area contributed by atoms with Crippen molar-refractivity contribution in [2.24, 2.45) is 11.8 Å². The second kappa shape index (κ2) is 3.37. The first-order valence-corrected chi connectivity index (χ1v) is 6.17. The van der Waals surface area contributed by atoms with Gasteiger partial charge in [-0.15, -0.1) is 0 Å². The Bertz CT molecular complexity index is 354. The molecule has 0 aromatic rings. The van der Waals surface area contributed by atoms with E-state index in [0.29, 0.717) is 24.7 Å². The zero-order valence-corrected chi connectivity index (χ0v) is 9.65. The van der Waals surface area contributed by atoms with E-state index in [9.17, 15) is 9.59 Å². The summed E-state index contributed by atoms with van der Waals surface area (Å²) < 4.78 is 5.34. The number of carboxylic acid groups (broad SMARTS) is 1. The van der Waals surface area contributed by atoms with Crippen LogP contribution in [0.3, 0.4) is 0 Å². The van der Waals surface area contributed by atoms with Gasteiger partial charge in [-0.25, -0.2) is 4.79 Å². The maximum Gasteiger partial charge on any atom is 0.405 e. The summed E-state index contributed by atoms with van der Waals surface area (Å²) in [4.78, 5) is 21.6. The number of carbonyl (C=O) groups excluding carboxylic acids is 1. The van der Waals surface area contributed by atoms with Crippen LogP contribution in [0.25, 0.3) is 0 Å². The van der Waals surface area contributed by atoms with E-state index >= 15 is 0 Å². The van der Waals surface area contributed by atoms with Gasteiger partial charge in [-0.05, 0) is 43.9 Å². The molecule has 5 heteroatoms. The molecule has 4 bridgehead atoms. The van der Waals surface area contributed by atoms with Crippen molar-refractivity contribution in [3.8, 4) is 0 Å². The topological polar surface area (TPSA) is 75.6 Å². The minimum Gasteiger partial charge on any atom is -0.465 e. The van der Waals surface area contributed by atoms with Crippen molar-refractivity contribution in [1.82, 2.24) is 5.32 Å². The Labute approximate surface area is 99.5 Å². The van der Waals surface area contributed by atoms with Crippen molar-refractivity contribution in [2.75, 3.05) is 0 Å². The summed E-state index contributed by atoms with van der Waals surface area (Å²) in [6.07, 6.45) is 4.47. The summed E-state index contributed by atoms with van der Waals surface area (Å²) in [5, 5.41) is 11.7. The molecular weight excluding hydrogens is 222 g/mol. The minimum atomic E-state index is -0.965. The summed E-state index contributed by atoms with van der Waals surface area (Å²) in [5.41, 5.74) is -0.743. The Balaban J connectivity index is 1.88. The fourth-order valence-electron chi connectivity index (χ4n) is 4.79. The van der Waals surface area contributed by atoms with Gasteiger partial charge in [-0.3, -0.25) is 4.79 Å². The molecule has 0 aromatic carbocycles. The van der Waals surface area contributed by atoms with E-state index in [1.807, 2.05) is 0 Å². The molecule has 4 aliphatic rings. The largest absolute Gasteiger partial charge is 0.465 e. The Morgan fingerprint density at radius 2 is 1.94 bits per heavy atom. The SMILES string of the molecule is O=COC12CC3CC(CC(NC(=O)O)(C3)C1)C2. The third-order valence-electron chi connectivity index (χ3n) is 4.68. The van der Waals surface area contributed by atoms with Gasteiger partial charge >= 0.3 is 6.09 Å². The smallest absolute Gasteiger partial charge is 0.405 e. The molecule has 4 saturated carbocycles. The van der Waals surface area contributed by atoms with Crippen LogP contribution in [0.2, 0.25) is 0 Å². The van der Waals surface area contributed by atoms with Crippen molar-refractivity contribution >= 4 is 12.6 Å². The highest BCUT2D eigenvalue weighted by molar-refractivity contribution is 5.66. The normalized spacial score (nSPS) is 46.6. The van der Waals surface area contributed by atoms with E-state index in [1.54, 1.807) is 0 Å². The van der Waals surface area contributed by atoms with Crippen LogP contribution >= 0.6 is 0 Å². The van der Waals surface area contributed by atoms with Gasteiger partial charge in [0, 0.05) is 12.0 Å². The summed E-state index contributed by atoms with van der Waals surface area (Å²) >= 11 is 0. The summed E-state index contributed by atoms with van der Waals surface area (Å²) in [6, 6.07) is 0. The van der Waals surface area contributed by atoms with Crippen LogP contribution in [0, 0.1) is 11.8 Å². The number of ether oxygens (including phenoxy) is 1. The molecule has 4 rings (SSSR count). The van der Waals surface area contributed by atoms with Gasteiger partial charge in [0.2, 0.25) is 0 Å². The molecule has 4 fully saturated rings. The molecule has 4 aliphatic carbocycles. The quantitative estimate of drug-likeness (QED) is 0.732. The number of hydrogen-bond donors (Lipinski definition) is 2. The Morgan fingerprint density at radius 1 is 1.29 bits per heavy atom. The Morgan fingerprint density at radius 3 is 2.47 bits per heavy atom. The van der Waals surface area contributed by atoms with Gasteiger partial charge in [0.1, 0.15) is 5.60 Å². The van der Waals surface area contributed by atoms with Gasteiger partial charge in [0.05, 0.1) is 0 Å².